The minimum atomic E-state index is -0.0162. The standard InChI is InChI=1S/C15H27NO/c1-16(9-13-3-2-4-15(13)17)10-14-8-11-5-6-12(14)7-11/h11-15,17H,2-10H2,1H3. The molecule has 0 aliphatic heterocycles. The van der Waals surface area contributed by atoms with Gasteiger partial charge in [-0.3, -0.25) is 0 Å². The molecule has 0 aromatic carbocycles. The Kier molecular flexibility index (Phi) is 3.45. The molecule has 1 N–H and O–H groups in total. The van der Waals surface area contributed by atoms with Crippen LogP contribution in [-0.4, -0.2) is 36.2 Å². The molecule has 0 radical (unpaired) electrons. The summed E-state index contributed by atoms with van der Waals surface area (Å²) in [5.74, 6) is 3.63. The van der Waals surface area contributed by atoms with Gasteiger partial charge in [0.2, 0.25) is 0 Å². The Hall–Kier alpha value is -0.0800. The summed E-state index contributed by atoms with van der Waals surface area (Å²) in [5, 5.41) is 9.88. The molecular formula is C15H27NO. The van der Waals surface area contributed by atoms with Crippen molar-refractivity contribution < 1.29 is 5.11 Å². The maximum atomic E-state index is 9.88. The number of fused-ring (bicyclic) bond motifs is 2. The molecule has 2 nitrogen and oxygen atoms in total. The first-order chi connectivity index (χ1) is 8.22. The van der Waals surface area contributed by atoms with Crippen molar-refractivity contribution in [3.05, 3.63) is 0 Å². The Morgan fingerprint density at radius 1 is 1.00 bits per heavy atom. The van der Waals surface area contributed by atoms with Gasteiger partial charge in [-0.2, -0.15) is 0 Å². The quantitative estimate of drug-likeness (QED) is 0.812. The predicted molar refractivity (Wildman–Crippen MR) is 69.8 cm³/mol. The minimum absolute atomic E-state index is 0.0162. The summed E-state index contributed by atoms with van der Waals surface area (Å²) in [6, 6.07) is 0. The van der Waals surface area contributed by atoms with Gasteiger partial charge in [-0.1, -0.05) is 12.8 Å². The van der Waals surface area contributed by atoms with E-state index in [-0.39, 0.29) is 6.10 Å². The van der Waals surface area contributed by atoms with E-state index < -0.39 is 0 Å². The van der Waals surface area contributed by atoms with Crippen LogP contribution in [0.2, 0.25) is 0 Å². The fraction of sp³-hybridized carbons (Fsp3) is 1.00. The van der Waals surface area contributed by atoms with Gasteiger partial charge in [0.05, 0.1) is 6.10 Å². The first kappa shape index (κ1) is 12.0. The first-order valence-electron chi connectivity index (χ1n) is 7.59. The molecular weight excluding hydrogens is 210 g/mol. The van der Waals surface area contributed by atoms with Crippen molar-refractivity contribution in [3.8, 4) is 0 Å². The van der Waals surface area contributed by atoms with E-state index in [4.69, 9.17) is 0 Å². The Bertz CT molecular complexity index is 268. The van der Waals surface area contributed by atoms with E-state index in [0.29, 0.717) is 5.92 Å². The summed E-state index contributed by atoms with van der Waals surface area (Å²) in [4.78, 5) is 2.50. The molecule has 0 spiro atoms. The highest BCUT2D eigenvalue weighted by molar-refractivity contribution is 4.91. The molecule has 0 heterocycles. The second-order valence-corrected chi connectivity index (χ2v) is 6.91. The van der Waals surface area contributed by atoms with E-state index in [9.17, 15) is 5.11 Å². The van der Waals surface area contributed by atoms with Gasteiger partial charge in [-0.25, -0.2) is 0 Å². The summed E-state index contributed by atoms with van der Waals surface area (Å²) in [6.07, 6.45) is 9.49. The molecule has 3 aliphatic carbocycles. The predicted octanol–water partition coefficient (Wildman–Crippen LogP) is 2.52. The number of rotatable bonds is 4. The lowest BCUT2D eigenvalue weighted by molar-refractivity contribution is 0.101. The van der Waals surface area contributed by atoms with Crippen molar-refractivity contribution in [2.75, 3.05) is 20.1 Å². The van der Waals surface area contributed by atoms with E-state index >= 15 is 0 Å². The highest BCUT2D eigenvalue weighted by Gasteiger charge is 2.39. The third kappa shape index (κ3) is 2.53. The molecule has 3 saturated carbocycles. The van der Waals surface area contributed by atoms with Gasteiger partial charge in [0.1, 0.15) is 0 Å². The summed E-state index contributed by atoms with van der Waals surface area (Å²) < 4.78 is 0. The molecule has 3 fully saturated rings. The molecule has 98 valence electrons. The fourth-order valence-electron chi connectivity index (χ4n) is 4.71. The topological polar surface area (TPSA) is 23.5 Å². The van der Waals surface area contributed by atoms with Crippen LogP contribution in [0, 0.1) is 23.7 Å². The number of hydrogen-bond donors (Lipinski definition) is 1. The zero-order valence-electron chi connectivity index (χ0n) is 11.1. The molecule has 2 heteroatoms. The average molecular weight is 237 g/mol. The number of aliphatic hydroxyl groups excluding tert-OH is 1. The Morgan fingerprint density at radius 3 is 2.41 bits per heavy atom. The maximum Gasteiger partial charge on any atom is 0.0580 e. The first-order valence-corrected chi connectivity index (χ1v) is 7.59. The summed E-state index contributed by atoms with van der Waals surface area (Å²) in [6.45, 7) is 2.40. The van der Waals surface area contributed by atoms with E-state index in [1.165, 1.54) is 45.1 Å². The minimum Gasteiger partial charge on any atom is -0.393 e. The van der Waals surface area contributed by atoms with Crippen molar-refractivity contribution in [1.29, 1.82) is 0 Å². The highest BCUT2D eigenvalue weighted by atomic mass is 16.3. The molecule has 0 saturated heterocycles. The Morgan fingerprint density at radius 2 is 1.82 bits per heavy atom. The lowest BCUT2D eigenvalue weighted by Crippen LogP contribution is -2.34. The van der Waals surface area contributed by atoms with Crippen LogP contribution in [0.15, 0.2) is 0 Å². The van der Waals surface area contributed by atoms with Crippen LogP contribution in [0.5, 0.6) is 0 Å². The van der Waals surface area contributed by atoms with Crippen LogP contribution >= 0.6 is 0 Å². The number of hydrogen-bond acceptors (Lipinski definition) is 2. The van der Waals surface area contributed by atoms with Crippen molar-refractivity contribution in [2.45, 2.75) is 51.0 Å². The second kappa shape index (κ2) is 4.89. The molecule has 0 aromatic heterocycles. The molecule has 17 heavy (non-hydrogen) atoms. The van der Waals surface area contributed by atoms with Gasteiger partial charge >= 0.3 is 0 Å². The molecule has 3 aliphatic rings. The molecule has 5 atom stereocenters. The molecule has 0 aromatic rings. The van der Waals surface area contributed by atoms with Crippen molar-refractivity contribution in [2.24, 2.45) is 23.7 Å². The lowest BCUT2D eigenvalue weighted by Gasteiger charge is -2.29. The summed E-state index contributed by atoms with van der Waals surface area (Å²) in [7, 11) is 2.26. The lowest BCUT2D eigenvalue weighted by atomic mass is 9.88. The van der Waals surface area contributed by atoms with Crippen molar-refractivity contribution in [1.82, 2.24) is 4.90 Å². The van der Waals surface area contributed by atoms with Crippen LogP contribution in [-0.2, 0) is 0 Å². The van der Waals surface area contributed by atoms with Gasteiger partial charge < -0.3 is 10.0 Å². The average Bonchev–Trinajstić information content (AvgIpc) is 2.96. The monoisotopic (exact) mass is 237 g/mol. The van der Waals surface area contributed by atoms with Gasteiger partial charge in [-0.05, 0) is 62.8 Å². The van der Waals surface area contributed by atoms with E-state index in [1.54, 1.807) is 0 Å². The van der Waals surface area contributed by atoms with E-state index in [0.717, 1.165) is 30.7 Å². The van der Waals surface area contributed by atoms with E-state index in [1.807, 2.05) is 0 Å². The zero-order chi connectivity index (χ0) is 11.8. The summed E-state index contributed by atoms with van der Waals surface area (Å²) in [5.41, 5.74) is 0. The largest absolute Gasteiger partial charge is 0.393 e. The van der Waals surface area contributed by atoms with Crippen LogP contribution in [0.25, 0.3) is 0 Å². The molecule has 5 unspecified atom stereocenters. The van der Waals surface area contributed by atoms with Crippen molar-refractivity contribution in [3.63, 3.8) is 0 Å². The maximum absolute atomic E-state index is 9.88. The van der Waals surface area contributed by atoms with Crippen LogP contribution < -0.4 is 0 Å². The third-order valence-corrected chi connectivity index (χ3v) is 5.60. The van der Waals surface area contributed by atoms with Crippen LogP contribution in [0.4, 0.5) is 0 Å². The molecule has 2 bridgehead atoms. The summed E-state index contributed by atoms with van der Waals surface area (Å²) >= 11 is 0. The molecule has 3 rings (SSSR count). The second-order valence-electron chi connectivity index (χ2n) is 6.91. The van der Waals surface area contributed by atoms with Crippen LogP contribution in [0.3, 0.4) is 0 Å². The van der Waals surface area contributed by atoms with Gasteiger partial charge in [-0.15, -0.1) is 0 Å². The fourth-order valence-corrected chi connectivity index (χ4v) is 4.71. The Balaban J connectivity index is 1.45. The number of aliphatic hydroxyl groups is 1. The van der Waals surface area contributed by atoms with Gasteiger partial charge in [0.25, 0.3) is 0 Å². The Labute approximate surface area is 105 Å². The van der Waals surface area contributed by atoms with Crippen LogP contribution in [0.1, 0.15) is 44.9 Å². The van der Waals surface area contributed by atoms with E-state index in [2.05, 4.69) is 11.9 Å². The third-order valence-electron chi connectivity index (χ3n) is 5.60. The number of nitrogens with zero attached hydrogens (tertiary/aromatic N) is 1. The SMILES string of the molecule is CN(CC1CCCC1O)CC1CC2CCC1C2. The molecule has 0 amide bonds. The normalized spacial score (nSPS) is 45.0. The highest BCUT2D eigenvalue weighted by Crippen LogP contribution is 2.48. The van der Waals surface area contributed by atoms with Gasteiger partial charge in [0.15, 0.2) is 0 Å². The zero-order valence-corrected chi connectivity index (χ0v) is 11.1. The van der Waals surface area contributed by atoms with Gasteiger partial charge in [0, 0.05) is 13.1 Å². The smallest absolute Gasteiger partial charge is 0.0580 e. The van der Waals surface area contributed by atoms with Crippen molar-refractivity contribution >= 4 is 0 Å².